The van der Waals surface area contributed by atoms with Crippen LogP contribution in [0.5, 0.6) is 0 Å². The summed E-state index contributed by atoms with van der Waals surface area (Å²) in [6.07, 6.45) is 0. The number of nitrogens with one attached hydrogen (secondary N) is 1. The van der Waals surface area contributed by atoms with Gasteiger partial charge >= 0.3 is 0 Å². The smallest absolute Gasteiger partial charge is 0.274 e. The minimum atomic E-state index is -0.0131. The number of nitrogens with zero attached hydrogens (tertiary/aromatic N) is 3. The average Bonchev–Trinajstić information content (AvgIpc) is 2.40. The maximum absolute atomic E-state index is 12.1. The molecular formula is C11H16N4OS. The van der Waals surface area contributed by atoms with Crippen molar-refractivity contribution in [3.63, 3.8) is 0 Å². The first-order valence-electron chi connectivity index (χ1n) is 5.76. The summed E-state index contributed by atoms with van der Waals surface area (Å²) in [6.45, 7) is 4.40. The Bertz CT molecular complexity index is 376. The van der Waals surface area contributed by atoms with Gasteiger partial charge in [-0.25, -0.2) is 0 Å². The molecule has 1 aliphatic heterocycles. The van der Waals surface area contributed by atoms with Crippen molar-refractivity contribution in [1.82, 2.24) is 15.1 Å². The molecule has 6 heteroatoms. The standard InChI is InChI=1S/C11H16N4OS/c1-2-12-10-4-3-9(13-14-10)11(16)15-5-7-17-8-6-15/h3-4H,2,5-8H2,1H3,(H,12,14). The molecule has 2 heterocycles. The first-order valence-corrected chi connectivity index (χ1v) is 6.91. The Morgan fingerprint density at radius 1 is 1.41 bits per heavy atom. The van der Waals surface area contributed by atoms with Gasteiger partial charge in [0.15, 0.2) is 5.69 Å². The Morgan fingerprint density at radius 2 is 2.18 bits per heavy atom. The Morgan fingerprint density at radius 3 is 2.76 bits per heavy atom. The van der Waals surface area contributed by atoms with E-state index in [2.05, 4.69) is 15.5 Å². The zero-order chi connectivity index (χ0) is 12.1. The summed E-state index contributed by atoms with van der Waals surface area (Å²) in [5, 5.41) is 11.0. The van der Waals surface area contributed by atoms with Crippen LogP contribution >= 0.6 is 11.8 Å². The summed E-state index contributed by atoms with van der Waals surface area (Å²) in [7, 11) is 0. The highest BCUT2D eigenvalue weighted by atomic mass is 32.2. The molecule has 0 bridgehead atoms. The predicted octanol–water partition coefficient (Wildman–Crippen LogP) is 1.10. The molecule has 1 fully saturated rings. The first kappa shape index (κ1) is 12.2. The van der Waals surface area contributed by atoms with Crippen molar-refractivity contribution in [2.45, 2.75) is 6.92 Å². The number of hydrogen-bond donors (Lipinski definition) is 1. The third kappa shape index (κ3) is 3.09. The van der Waals surface area contributed by atoms with Gasteiger partial charge in [0.1, 0.15) is 5.82 Å². The van der Waals surface area contributed by atoms with Gasteiger partial charge in [-0.05, 0) is 19.1 Å². The third-order valence-electron chi connectivity index (χ3n) is 2.54. The van der Waals surface area contributed by atoms with Crippen LogP contribution in [0.4, 0.5) is 5.82 Å². The van der Waals surface area contributed by atoms with Crippen LogP contribution in [0.1, 0.15) is 17.4 Å². The van der Waals surface area contributed by atoms with Gasteiger partial charge in [-0.3, -0.25) is 4.79 Å². The Hall–Kier alpha value is -1.30. The molecule has 1 amide bonds. The van der Waals surface area contributed by atoms with Crippen molar-refractivity contribution in [2.24, 2.45) is 0 Å². The number of thioether (sulfide) groups is 1. The van der Waals surface area contributed by atoms with Crippen LogP contribution in [0.25, 0.3) is 0 Å². The molecule has 0 radical (unpaired) electrons. The van der Waals surface area contributed by atoms with Gasteiger partial charge in [-0.2, -0.15) is 11.8 Å². The second kappa shape index (κ2) is 5.86. The van der Waals surface area contributed by atoms with E-state index in [0.717, 1.165) is 31.1 Å². The van der Waals surface area contributed by atoms with Crippen LogP contribution in [0, 0.1) is 0 Å². The van der Waals surface area contributed by atoms with Gasteiger partial charge in [0.05, 0.1) is 0 Å². The fourth-order valence-electron chi connectivity index (χ4n) is 1.65. The van der Waals surface area contributed by atoms with Crippen molar-refractivity contribution >= 4 is 23.5 Å². The Kier molecular flexibility index (Phi) is 4.19. The van der Waals surface area contributed by atoms with Crippen molar-refractivity contribution in [1.29, 1.82) is 0 Å². The van der Waals surface area contributed by atoms with Crippen LogP contribution in [0.3, 0.4) is 0 Å². The van der Waals surface area contributed by atoms with Crippen molar-refractivity contribution in [3.8, 4) is 0 Å². The largest absolute Gasteiger partial charge is 0.369 e. The minimum absolute atomic E-state index is 0.0131. The molecule has 0 saturated carbocycles. The lowest BCUT2D eigenvalue weighted by atomic mass is 10.3. The molecule has 92 valence electrons. The first-order chi connectivity index (χ1) is 8.31. The van der Waals surface area contributed by atoms with Crippen molar-refractivity contribution < 1.29 is 4.79 Å². The van der Waals surface area contributed by atoms with Gasteiger partial charge in [0.25, 0.3) is 5.91 Å². The summed E-state index contributed by atoms with van der Waals surface area (Å²) in [6, 6.07) is 3.53. The molecule has 5 nitrogen and oxygen atoms in total. The van der Waals surface area contributed by atoms with Gasteiger partial charge in [0, 0.05) is 31.1 Å². The zero-order valence-electron chi connectivity index (χ0n) is 9.85. The Labute approximate surface area is 105 Å². The lowest BCUT2D eigenvalue weighted by Gasteiger charge is -2.25. The molecule has 1 aromatic rings. The third-order valence-corrected chi connectivity index (χ3v) is 3.48. The SMILES string of the molecule is CCNc1ccc(C(=O)N2CCSCC2)nn1. The number of hydrogen-bond acceptors (Lipinski definition) is 5. The van der Waals surface area contributed by atoms with E-state index >= 15 is 0 Å². The fourth-order valence-corrected chi connectivity index (χ4v) is 2.55. The molecule has 0 aromatic carbocycles. The van der Waals surface area contributed by atoms with E-state index in [9.17, 15) is 4.79 Å². The van der Waals surface area contributed by atoms with E-state index in [-0.39, 0.29) is 5.91 Å². The van der Waals surface area contributed by atoms with E-state index in [4.69, 9.17) is 0 Å². The van der Waals surface area contributed by atoms with Crippen LogP contribution < -0.4 is 5.32 Å². The topological polar surface area (TPSA) is 58.1 Å². The number of aromatic nitrogens is 2. The molecule has 1 saturated heterocycles. The molecule has 0 atom stereocenters. The molecule has 0 spiro atoms. The van der Waals surface area contributed by atoms with E-state index < -0.39 is 0 Å². The van der Waals surface area contributed by atoms with Crippen LogP contribution in [-0.2, 0) is 0 Å². The van der Waals surface area contributed by atoms with E-state index in [1.807, 2.05) is 23.6 Å². The van der Waals surface area contributed by atoms with Gasteiger partial charge in [-0.1, -0.05) is 0 Å². The number of amides is 1. The van der Waals surface area contributed by atoms with Crippen LogP contribution in [0.2, 0.25) is 0 Å². The molecule has 1 aliphatic rings. The fraction of sp³-hybridized carbons (Fsp3) is 0.545. The van der Waals surface area contributed by atoms with Gasteiger partial charge in [-0.15, -0.1) is 10.2 Å². The summed E-state index contributed by atoms with van der Waals surface area (Å²) < 4.78 is 0. The number of carbonyl (C=O) groups excluding carboxylic acids is 1. The second-order valence-corrected chi connectivity index (χ2v) is 4.96. The second-order valence-electron chi connectivity index (χ2n) is 3.74. The quantitative estimate of drug-likeness (QED) is 0.873. The van der Waals surface area contributed by atoms with E-state index in [1.165, 1.54) is 0 Å². The zero-order valence-corrected chi connectivity index (χ0v) is 10.7. The molecular weight excluding hydrogens is 236 g/mol. The summed E-state index contributed by atoms with van der Waals surface area (Å²) in [4.78, 5) is 13.9. The highest BCUT2D eigenvalue weighted by Crippen LogP contribution is 2.12. The average molecular weight is 252 g/mol. The highest BCUT2D eigenvalue weighted by Gasteiger charge is 2.19. The van der Waals surface area contributed by atoms with Gasteiger partial charge in [0.2, 0.25) is 0 Å². The van der Waals surface area contributed by atoms with Gasteiger partial charge < -0.3 is 10.2 Å². The number of anilines is 1. The summed E-state index contributed by atoms with van der Waals surface area (Å²) >= 11 is 1.88. The molecule has 1 aromatic heterocycles. The lowest BCUT2D eigenvalue weighted by Crippen LogP contribution is -2.38. The monoisotopic (exact) mass is 252 g/mol. The molecule has 17 heavy (non-hydrogen) atoms. The molecule has 1 N–H and O–H groups in total. The minimum Gasteiger partial charge on any atom is -0.369 e. The lowest BCUT2D eigenvalue weighted by molar-refractivity contribution is 0.0765. The van der Waals surface area contributed by atoms with Crippen LogP contribution in [0.15, 0.2) is 12.1 Å². The van der Waals surface area contributed by atoms with Crippen molar-refractivity contribution in [2.75, 3.05) is 36.5 Å². The normalized spacial score (nSPS) is 15.7. The predicted molar refractivity (Wildman–Crippen MR) is 69.4 cm³/mol. The Balaban J connectivity index is 2.03. The van der Waals surface area contributed by atoms with Crippen molar-refractivity contribution in [3.05, 3.63) is 17.8 Å². The molecule has 0 unspecified atom stereocenters. The number of carbonyl (C=O) groups is 1. The maximum Gasteiger partial charge on any atom is 0.274 e. The summed E-state index contributed by atoms with van der Waals surface area (Å²) in [5.74, 6) is 2.71. The molecule has 0 aliphatic carbocycles. The van der Waals surface area contributed by atoms with E-state index in [1.54, 1.807) is 12.1 Å². The number of rotatable bonds is 3. The van der Waals surface area contributed by atoms with Crippen LogP contribution in [-0.4, -0.2) is 52.1 Å². The van der Waals surface area contributed by atoms with E-state index in [0.29, 0.717) is 11.5 Å². The highest BCUT2D eigenvalue weighted by molar-refractivity contribution is 7.99. The molecule has 2 rings (SSSR count). The summed E-state index contributed by atoms with van der Waals surface area (Å²) in [5.41, 5.74) is 0.429. The maximum atomic E-state index is 12.1.